The number of carboxylic acid groups (broad SMARTS) is 1. The molecule has 1 aromatic carbocycles. The van der Waals surface area contributed by atoms with Gasteiger partial charge in [0.25, 0.3) is 5.56 Å². The summed E-state index contributed by atoms with van der Waals surface area (Å²) in [6.07, 6.45) is 0.711. The number of methoxy groups -OCH3 is 1. The summed E-state index contributed by atoms with van der Waals surface area (Å²) in [4.78, 5) is 35.8. The Balaban J connectivity index is 2.21. The number of nitrogens with zero attached hydrogens (tertiary/aromatic N) is 2. The van der Waals surface area contributed by atoms with Crippen LogP contribution in [0.2, 0.25) is 0 Å². The number of amides is 1. The molecule has 1 atom stereocenters. The van der Waals surface area contributed by atoms with Crippen molar-refractivity contribution in [1.82, 2.24) is 15.1 Å². The van der Waals surface area contributed by atoms with Crippen molar-refractivity contribution in [2.75, 3.05) is 7.11 Å². The van der Waals surface area contributed by atoms with Crippen LogP contribution in [-0.2, 0) is 23.0 Å². The Morgan fingerprint density at radius 2 is 1.86 bits per heavy atom. The minimum atomic E-state index is -1.18. The van der Waals surface area contributed by atoms with Gasteiger partial charge in [-0.1, -0.05) is 24.3 Å². The van der Waals surface area contributed by atoms with E-state index >= 15 is 0 Å². The minimum absolute atomic E-state index is 0.0559. The maximum absolute atomic E-state index is 12.4. The number of carbonyl (C=O) groups excluding carboxylic acids is 1. The smallest absolute Gasteiger partial charge is 0.408 e. The van der Waals surface area contributed by atoms with E-state index in [1.807, 2.05) is 0 Å². The molecule has 0 aliphatic rings. The van der Waals surface area contributed by atoms with E-state index in [2.05, 4.69) is 10.4 Å². The van der Waals surface area contributed by atoms with E-state index in [0.717, 1.165) is 0 Å². The molecule has 1 amide bonds. The van der Waals surface area contributed by atoms with Crippen LogP contribution in [0.5, 0.6) is 5.75 Å². The molecule has 0 aliphatic heterocycles. The third-order valence-electron chi connectivity index (χ3n) is 3.99. The predicted octanol–water partition coefficient (Wildman–Crippen LogP) is 1.98. The van der Waals surface area contributed by atoms with Gasteiger partial charge in [0, 0.05) is 13.5 Å². The Kier molecular flexibility index (Phi) is 6.63. The number of benzene rings is 1. The molecule has 1 heterocycles. The Labute approximate surface area is 168 Å². The standard InChI is InChI=1S/C20H25N3O6/c1-20(2,3)29-19(27)22-14(18(25)26)10-12-6-8-13(9-7-12)16-15(28-5)11-21-23(4)17(16)24/h6-9,11,14H,10H2,1-5H3,(H,22,27)(H,25,26). The molecule has 0 saturated carbocycles. The first-order valence-corrected chi connectivity index (χ1v) is 8.93. The molecule has 2 rings (SSSR count). The molecule has 1 aromatic heterocycles. The van der Waals surface area contributed by atoms with Crippen molar-refractivity contribution in [2.24, 2.45) is 7.05 Å². The predicted molar refractivity (Wildman–Crippen MR) is 106 cm³/mol. The molecule has 156 valence electrons. The molecule has 0 fully saturated rings. The quantitative estimate of drug-likeness (QED) is 0.757. The van der Waals surface area contributed by atoms with Crippen LogP contribution >= 0.6 is 0 Å². The van der Waals surface area contributed by atoms with E-state index < -0.39 is 23.7 Å². The molecule has 0 spiro atoms. The highest BCUT2D eigenvalue weighted by Crippen LogP contribution is 2.25. The van der Waals surface area contributed by atoms with E-state index in [1.165, 1.54) is 18.0 Å². The fraction of sp³-hybridized carbons (Fsp3) is 0.400. The minimum Gasteiger partial charge on any atom is -0.494 e. The molecule has 0 bridgehead atoms. The maximum atomic E-state index is 12.4. The number of hydrogen-bond donors (Lipinski definition) is 2. The number of alkyl carbamates (subject to hydrolysis) is 1. The van der Waals surface area contributed by atoms with E-state index in [1.54, 1.807) is 52.1 Å². The Hall–Kier alpha value is -3.36. The topological polar surface area (TPSA) is 120 Å². The number of aryl methyl sites for hydroxylation is 1. The molecule has 9 nitrogen and oxygen atoms in total. The van der Waals surface area contributed by atoms with Crippen LogP contribution in [0.3, 0.4) is 0 Å². The van der Waals surface area contributed by atoms with Crippen LogP contribution in [0.1, 0.15) is 26.3 Å². The van der Waals surface area contributed by atoms with Crippen LogP contribution < -0.4 is 15.6 Å². The summed E-state index contributed by atoms with van der Waals surface area (Å²) in [5.74, 6) is -0.833. The molecule has 9 heteroatoms. The zero-order valence-electron chi connectivity index (χ0n) is 17.1. The molecule has 29 heavy (non-hydrogen) atoms. The van der Waals surface area contributed by atoms with Gasteiger partial charge < -0.3 is 19.9 Å². The van der Waals surface area contributed by atoms with Crippen LogP contribution in [0.25, 0.3) is 11.1 Å². The molecule has 2 aromatic rings. The highest BCUT2D eigenvalue weighted by molar-refractivity contribution is 5.80. The lowest BCUT2D eigenvalue weighted by Crippen LogP contribution is -2.44. The molecule has 2 N–H and O–H groups in total. The van der Waals surface area contributed by atoms with Crippen molar-refractivity contribution in [3.63, 3.8) is 0 Å². The lowest BCUT2D eigenvalue weighted by molar-refractivity contribution is -0.139. The van der Waals surface area contributed by atoms with Gasteiger partial charge in [0.1, 0.15) is 11.6 Å². The first-order valence-electron chi connectivity index (χ1n) is 8.93. The number of carbonyl (C=O) groups is 2. The lowest BCUT2D eigenvalue weighted by Gasteiger charge is -2.22. The van der Waals surface area contributed by atoms with Crippen molar-refractivity contribution >= 4 is 12.1 Å². The van der Waals surface area contributed by atoms with Crippen molar-refractivity contribution in [2.45, 2.75) is 38.8 Å². The van der Waals surface area contributed by atoms with Gasteiger partial charge in [-0.3, -0.25) is 4.79 Å². The second kappa shape index (κ2) is 8.76. The maximum Gasteiger partial charge on any atom is 0.408 e. The van der Waals surface area contributed by atoms with Gasteiger partial charge in [0.05, 0.1) is 18.9 Å². The number of nitrogens with one attached hydrogen (secondary N) is 1. The first-order chi connectivity index (χ1) is 13.5. The largest absolute Gasteiger partial charge is 0.494 e. The summed E-state index contributed by atoms with van der Waals surface area (Å²) in [6.45, 7) is 5.08. The SMILES string of the molecule is COc1cnn(C)c(=O)c1-c1ccc(CC(NC(=O)OC(C)(C)C)C(=O)O)cc1. The highest BCUT2D eigenvalue weighted by atomic mass is 16.6. The summed E-state index contributed by atoms with van der Waals surface area (Å²) in [5.41, 5.74) is 0.595. The van der Waals surface area contributed by atoms with Gasteiger partial charge in [-0.05, 0) is 31.9 Å². The number of carboxylic acids is 1. The van der Waals surface area contributed by atoms with Gasteiger partial charge in [0.15, 0.2) is 5.75 Å². The van der Waals surface area contributed by atoms with Crippen LogP contribution in [0.4, 0.5) is 4.79 Å². The van der Waals surface area contributed by atoms with E-state index in [0.29, 0.717) is 22.4 Å². The van der Waals surface area contributed by atoms with Crippen molar-refractivity contribution < 1.29 is 24.2 Å². The number of ether oxygens (including phenoxy) is 2. The second-order valence-corrected chi connectivity index (χ2v) is 7.45. The molecule has 1 unspecified atom stereocenters. The number of hydrogen-bond acceptors (Lipinski definition) is 6. The van der Waals surface area contributed by atoms with Gasteiger partial charge in [-0.25, -0.2) is 14.3 Å². The monoisotopic (exact) mass is 403 g/mol. The summed E-state index contributed by atoms with van der Waals surface area (Å²) in [6, 6.07) is 5.63. The molecule has 0 saturated heterocycles. The molecular formula is C20H25N3O6. The third kappa shape index (κ3) is 5.81. The fourth-order valence-electron chi connectivity index (χ4n) is 2.64. The van der Waals surface area contributed by atoms with Gasteiger partial charge in [-0.2, -0.15) is 5.10 Å². The van der Waals surface area contributed by atoms with Gasteiger partial charge in [-0.15, -0.1) is 0 Å². The van der Waals surface area contributed by atoms with Crippen LogP contribution in [0.15, 0.2) is 35.3 Å². The molecule has 0 radical (unpaired) electrons. The van der Waals surface area contributed by atoms with Gasteiger partial charge in [0.2, 0.25) is 0 Å². The summed E-state index contributed by atoms with van der Waals surface area (Å²) in [5, 5.41) is 15.7. The fourth-order valence-corrected chi connectivity index (χ4v) is 2.64. The second-order valence-electron chi connectivity index (χ2n) is 7.45. The Morgan fingerprint density at radius 1 is 1.24 bits per heavy atom. The van der Waals surface area contributed by atoms with Crippen molar-refractivity contribution in [3.05, 3.63) is 46.4 Å². The Bertz CT molecular complexity index is 944. The third-order valence-corrected chi connectivity index (χ3v) is 3.99. The van der Waals surface area contributed by atoms with E-state index in [4.69, 9.17) is 9.47 Å². The average Bonchev–Trinajstić information content (AvgIpc) is 2.62. The lowest BCUT2D eigenvalue weighted by atomic mass is 10.0. The normalized spacial score (nSPS) is 12.2. The average molecular weight is 403 g/mol. The number of aromatic nitrogens is 2. The van der Waals surface area contributed by atoms with E-state index in [9.17, 15) is 19.5 Å². The zero-order valence-corrected chi connectivity index (χ0v) is 17.1. The van der Waals surface area contributed by atoms with Gasteiger partial charge >= 0.3 is 12.1 Å². The highest BCUT2D eigenvalue weighted by Gasteiger charge is 2.24. The summed E-state index contributed by atoms with van der Waals surface area (Å²) >= 11 is 0. The summed E-state index contributed by atoms with van der Waals surface area (Å²) < 4.78 is 11.5. The molecular weight excluding hydrogens is 378 g/mol. The first kappa shape index (κ1) is 21.9. The van der Waals surface area contributed by atoms with E-state index in [-0.39, 0.29) is 12.0 Å². The Morgan fingerprint density at radius 3 is 2.38 bits per heavy atom. The molecule has 0 aliphatic carbocycles. The zero-order chi connectivity index (χ0) is 21.8. The number of aliphatic carboxylic acids is 1. The van der Waals surface area contributed by atoms with Crippen molar-refractivity contribution in [1.29, 1.82) is 0 Å². The van der Waals surface area contributed by atoms with Crippen molar-refractivity contribution in [3.8, 4) is 16.9 Å². The summed E-state index contributed by atoms with van der Waals surface area (Å²) in [7, 11) is 2.99. The number of rotatable bonds is 6. The van der Waals surface area contributed by atoms with Crippen LogP contribution in [0, 0.1) is 0 Å². The van der Waals surface area contributed by atoms with Crippen LogP contribution in [-0.4, -0.2) is 45.7 Å².